The molecule has 11 N–H and O–H groups in total. The number of nitrogens with zero attached hydrogens (tertiary/aromatic N) is 6. The molecule has 0 spiro atoms. The fourth-order valence-corrected chi connectivity index (χ4v) is 9.20. The number of nitrogens with two attached hydrogens (primary N) is 3. The van der Waals surface area contributed by atoms with Crippen LogP contribution in [0.4, 0.5) is 56.9 Å². The summed E-state index contributed by atoms with van der Waals surface area (Å²) in [5, 5.41) is 59.2. The van der Waals surface area contributed by atoms with E-state index < -0.39 is 57.8 Å². The van der Waals surface area contributed by atoms with Crippen LogP contribution in [0.1, 0.15) is 0 Å². The number of sulfonamides is 1. The van der Waals surface area contributed by atoms with E-state index in [1.165, 1.54) is 84.9 Å². The van der Waals surface area contributed by atoms with Gasteiger partial charge in [0.1, 0.15) is 22.0 Å². The molecule has 346 valence electrons. The molecule has 0 radical (unpaired) electrons. The molecule has 66 heavy (non-hydrogen) atoms. The predicted molar refractivity (Wildman–Crippen MR) is 239 cm³/mol. The maximum atomic E-state index is 13.2. The highest BCUT2D eigenvalue weighted by atomic mass is 32.2. The molecule has 30 heteroatoms. The van der Waals surface area contributed by atoms with Crippen molar-refractivity contribution in [2.75, 3.05) is 34.3 Å². The quantitative estimate of drug-likeness (QED) is 0.00673. The van der Waals surface area contributed by atoms with Crippen LogP contribution in [-0.2, 0) is 52.9 Å². The molecule has 0 saturated carbocycles. The third-order valence-electron chi connectivity index (χ3n) is 8.61. The molecule has 0 aliphatic heterocycles. The smallest absolute Gasteiger partial charge is 0.296 e. The summed E-state index contributed by atoms with van der Waals surface area (Å²) in [6.07, 6.45) is 0. The largest absolute Gasteiger partial charge is 0.505 e. The van der Waals surface area contributed by atoms with Gasteiger partial charge in [-0.2, -0.15) is 23.8 Å². The summed E-state index contributed by atoms with van der Waals surface area (Å²) in [6, 6.07) is 22.7. The van der Waals surface area contributed by atoms with Crippen LogP contribution in [-0.4, -0.2) is 57.8 Å². The molecule has 6 rings (SSSR count). The number of benzene rings is 6. The molecule has 0 amide bonds. The molecule has 25 nitrogen and oxygen atoms in total. The molecule has 0 aliphatic rings. The zero-order valence-corrected chi connectivity index (χ0v) is 37.0. The lowest BCUT2D eigenvalue weighted by Crippen LogP contribution is -2.12. The summed E-state index contributed by atoms with van der Waals surface area (Å²) in [4.78, 5) is -1.29. The van der Waals surface area contributed by atoms with Crippen molar-refractivity contribution in [2.24, 2.45) is 30.7 Å². The first kappa shape index (κ1) is 49.1. The van der Waals surface area contributed by atoms with Crippen molar-refractivity contribution in [3.05, 3.63) is 103 Å². The van der Waals surface area contributed by atoms with Gasteiger partial charge >= 0.3 is 0 Å². The molecule has 6 aromatic carbocycles. The first-order chi connectivity index (χ1) is 31.4. The van der Waals surface area contributed by atoms with E-state index in [0.29, 0.717) is 34.8 Å². The van der Waals surface area contributed by atoms with Gasteiger partial charge in [-0.25, -0.2) is 27.4 Å². The van der Waals surface area contributed by atoms with Gasteiger partial charge in [-0.3, -0.25) is 13.5 Å². The van der Waals surface area contributed by atoms with Gasteiger partial charge < -0.3 is 22.3 Å². The van der Waals surface area contributed by atoms with Crippen LogP contribution < -0.4 is 21.9 Å². The van der Waals surface area contributed by atoms with Crippen LogP contribution in [0.2, 0.25) is 0 Å². The summed E-state index contributed by atoms with van der Waals surface area (Å²) in [7, 11) is -13.1. The van der Waals surface area contributed by atoms with Gasteiger partial charge in [0, 0.05) is 11.4 Å². The second kappa shape index (κ2) is 21.3. The Morgan fingerprint density at radius 1 is 0.652 bits per heavy atom. The Hall–Kier alpha value is -6.39. The number of hydrogen-bond acceptors (Lipinski definition) is 25. The Kier molecular flexibility index (Phi) is 15.8. The summed E-state index contributed by atoms with van der Waals surface area (Å²) < 4.78 is 103. The number of fused-ring (bicyclic) bond motifs is 1. The van der Waals surface area contributed by atoms with Gasteiger partial charge in [-0.05, 0) is 109 Å². The van der Waals surface area contributed by atoms with E-state index in [1.54, 1.807) is 12.1 Å². The zero-order chi connectivity index (χ0) is 47.6. The van der Waals surface area contributed by atoms with Gasteiger partial charge in [0.05, 0.1) is 72.9 Å². The molecular weight excluding hydrogens is 973 g/mol. The topological polar surface area (TPSA) is 394 Å². The van der Waals surface area contributed by atoms with Gasteiger partial charge in [0.25, 0.3) is 20.1 Å². The van der Waals surface area contributed by atoms with Crippen LogP contribution in [0.25, 0.3) is 10.8 Å². The summed E-state index contributed by atoms with van der Waals surface area (Å²) in [6.45, 7) is -0.326. The minimum atomic E-state index is -5.09. The third kappa shape index (κ3) is 12.3. The van der Waals surface area contributed by atoms with Crippen molar-refractivity contribution >= 4 is 122 Å². The highest BCUT2D eigenvalue weighted by molar-refractivity contribution is 7.94. The third-order valence-corrected chi connectivity index (χ3v) is 13.6. The highest BCUT2D eigenvalue weighted by Gasteiger charge is 2.26. The van der Waals surface area contributed by atoms with Crippen molar-refractivity contribution in [1.82, 2.24) is 0 Å². The van der Waals surface area contributed by atoms with Crippen molar-refractivity contribution < 1.29 is 68.4 Å². The van der Waals surface area contributed by atoms with Gasteiger partial charge in [0.2, 0.25) is 0 Å². The van der Waals surface area contributed by atoms with Crippen LogP contribution >= 0.6 is 24.4 Å². The SMILES string of the molecule is Nc1ccc(N=Nc2ccc(NS(=O)(=O)c3ccc(N=Nc4c(S(=O)(=O)O)cc5cc(SOOO)c(N=Nc6ccc(S(=O)(=O)CCOSOOO)cc6)c(O)c5c4N)cc3)cc2)c(N)c1. The Labute approximate surface area is 382 Å². The molecule has 0 aromatic heterocycles. The number of phenolic OH excluding ortho intramolecular Hbond substituents is 1. The first-order valence-corrected chi connectivity index (χ1v) is 23.9. The minimum Gasteiger partial charge on any atom is -0.505 e. The lowest BCUT2D eigenvalue weighted by atomic mass is 10.1. The van der Waals surface area contributed by atoms with E-state index in [1.807, 2.05) is 0 Å². The zero-order valence-electron chi connectivity index (χ0n) is 33.0. The Morgan fingerprint density at radius 2 is 1.23 bits per heavy atom. The molecule has 0 unspecified atom stereocenters. The normalized spacial score (nSPS) is 12.5. The van der Waals surface area contributed by atoms with Crippen molar-refractivity contribution in [2.45, 2.75) is 19.6 Å². The standard InChI is InChI=1S/C36H32N10O15S5/c37-21-1-14-29(28(38)19-21)43-40-22-2-4-25(5-3-22)46-65(52,53)27-12-8-24(9-13-27)42-45-35-31(66(54,55)56)18-20-17-30(62-60-58-48)34(36(47)32(20)33(35)39)44-41-23-6-10-26(11-7-23)64(50,51)16-15-57-63-61-59-49/h1-14,17-19,46-49H,15-16,37-39H2,(H,54,55,56). The molecular formula is C36H32N10O15S5. The summed E-state index contributed by atoms with van der Waals surface area (Å²) in [5.74, 6) is -1.20. The molecule has 0 saturated heterocycles. The van der Waals surface area contributed by atoms with E-state index >= 15 is 0 Å². The number of nitrogens with one attached hydrogen (secondary N) is 1. The number of anilines is 4. The maximum Gasteiger partial charge on any atom is 0.296 e. The van der Waals surface area contributed by atoms with Crippen LogP contribution in [0.15, 0.2) is 153 Å². The van der Waals surface area contributed by atoms with Crippen LogP contribution in [0.3, 0.4) is 0 Å². The van der Waals surface area contributed by atoms with Gasteiger partial charge in [-0.1, -0.05) is 10.1 Å². The molecule has 0 fully saturated rings. The average molecular weight is 1010 g/mol. The molecule has 0 bridgehead atoms. The maximum absolute atomic E-state index is 13.2. The van der Waals surface area contributed by atoms with Gasteiger partial charge in [-0.15, -0.1) is 24.0 Å². The number of phenols is 1. The summed E-state index contributed by atoms with van der Waals surface area (Å²) in [5.41, 5.74) is 18.3. The van der Waals surface area contributed by atoms with Crippen molar-refractivity contribution in [3.63, 3.8) is 0 Å². The number of rotatable bonds is 20. The van der Waals surface area contributed by atoms with E-state index in [4.69, 9.17) is 31.9 Å². The Balaban J connectivity index is 1.24. The fourth-order valence-electron chi connectivity index (χ4n) is 5.56. The predicted octanol–water partition coefficient (Wildman–Crippen LogP) is 8.79. The molecule has 0 atom stereocenters. The lowest BCUT2D eigenvalue weighted by Gasteiger charge is -2.14. The Bertz CT molecular complexity index is 3170. The monoisotopic (exact) mass is 1000 g/mol. The second-order valence-electron chi connectivity index (χ2n) is 12.9. The van der Waals surface area contributed by atoms with E-state index in [-0.39, 0.29) is 67.1 Å². The molecule has 0 aliphatic carbocycles. The van der Waals surface area contributed by atoms with Gasteiger partial charge in [0.15, 0.2) is 27.9 Å². The lowest BCUT2D eigenvalue weighted by molar-refractivity contribution is -0.434. The number of nitrogen functional groups attached to an aromatic ring is 3. The number of sulfone groups is 1. The fraction of sp³-hybridized carbons (Fsp3) is 0.0556. The first-order valence-electron chi connectivity index (χ1n) is 17.9. The van der Waals surface area contributed by atoms with Crippen molar-refractivity contribution in [1.29, 1.82) is 0 Å². The van der Waals surface area contributed by atoms with E-state index in [0.717, 1.165) is 6.07 Å². The number of hydrogen-bond donors (Lipinski definition) is 8. The van der Waals surface area contributed by atoms with E-state index in [9.17, 15) is 34.9 Å². The van der Waals surface area contributed by atoms with E-state index in [2.05, 4.69) is 54.2 Å². The Morgan fingerprint density at radius 3 is 1.82 bits per heavy atom. The minimum absolute atomic E-state index is 0.00621. The molecule has 6 aromatic rings. The summed E-state index contributed by atoms with van der Waals surface area (Å²) >= 11 is 0.513. The number of azo groups is 3. The van der Waals surface area contributed by atoms with Crippen LogP contribution in [0.5, 0.6) is 5.75 Å². The molecule has 0 heterocycles. The van der Waals surface area contributed by atoms with Crippen molar-refractivity contribution in [3.8, 4) is 5.75 Å². The van der Waals surface area contributed by atoms with Crippen LogP contribution in [0, 0.1) is 0 Å². The number of aromatic hydroxyl groups is 1. The highest BCUT2D eigenvalue weighted by Crippen LogP contribution is 2.49. The average Bonchev–Trinajstić information content (AvgIpc) is 3.27. The second-order valence-corrected chi connectivity index (χ2v) is 19.3.